The summed E-state index contributed by atoms with van der Waals surface area (Å²) in [6, 6.07) is 2.22. The van der Waals surface area contributed by atoms with Crippen LogP contribution < -0.4 is 5.32 Å². The molecule has 0 radical (unpaired) electrons. The van der Waals surface area contributed by atoms with Gasteiger partial charge in [0.05, 0.1) is 0 Å². The smallest absolute Gasteiger partial charge is 0.0121 e. The van der Waals surface area contributed by atoms with Crippen molar-refractivity contribution in [3.05, 3.63) is 0 Å². The first-order valence-corrected chi connectivity index (χ1v) is 8.70. The van der Waals surface area contributed by atoms with Crippen LogP contribution in [0.25, 0.3) is 0 Å². The van der Waals surface area contributed by atoms with Crippen molar-refractivity contribution in [1.82, 2.24) is 10.2 Å². The lowest BCUT2D eigenvalue weighted by atomic mass is 9.82. The Morgan fingerprint density at radius 1 is 0.947 bits per heavy atom. The molecule has 2 fully saturated rings. The van der Waals surface area contributed by atoms with E-state index >= 15 is 0 Å². The highest BCUT2D eigenvalue weighted by Crippen LogP contribution is 2.31. The van der Waals surface area contributed by atoms with E-state index in [1.807, 2.05) is 0 Å². The van der Waals surface area contributed by atoms with Gasteiger partial charge in [-0.3, -0.25) is 0 Å². The topological polar surface area (TPSA) is 15.3 Å². The van der Waals surface area contributed by atoms with Crippen LogP contribution in [0.5, 0.6) is 0 Å². The molecule has 2 nitrogen and oxygen atoms in total. The number of hydrogen-bond acceptors (Lipinski definition) is 2. The van der Waals surface area contributed by atoms with Crippen molar-refractivity contribution in [1.29, 1.82) is 0 Å². The summed E-state index contributed by atoms with van der Waals surface area (Å²) in [5.41, 5.74) is 0. The molecule has 0 aromatic carbocycles. The van der Waals surface area contributed by atoms with Crippen LogP contribution in [0.4, 0.5) is 0 Å². The second-order valence-corrected chi connectivity index (χ2v) is 6.96. The van der Waals surface area contributed by atoms with E-state index in [-0.39, 0.29) is 0 Å². The SMILES string of the molecule is CCC(C1CCCCC1)N1CCC(C)NC(C)CC1. The van der Waals surface area contributed by atoms with Crippen molar-refractivity contribution < 1.29 is 0 Å². The third kappa shape index (κ3) is 4.46. The molecule has 2 rings (SSSR count). The van der Waals surface area contributed by atoms with Crippen molar-refractivity contribution in [2.45, 2.75) is 90.3 Å². The van der Waals surface area contributed by atoms with Crippen LogP contribution in [-0.2, 0) is 0 Å². The quantitative estimate of drug-likeness (QED) is 0.835. The van der Waals surface area contributed by atoms with Gasteiger partial charge >= 0.3 is 0 Å². The highest BCUT2D eigenvalue weighted by molar-refractivity contribution is 4.84. The van der Waals surface area contributed by atoms with E-state index in [0.29, 0.717) is 12.1 Å². The Hall–Kier alpha value is -0.0800. The van der Waals surface area contributed by atoms with E-state index in [0.717, 1.165) is 12.0 Å². The molecule has 112 valence electrons. The molecule has 3 atom stereocenters. The van der Waals surface area contributed by atoms with Crippen molar-refractivity contribution >= 4 is 0 Å². The van der Waals surface area contributed by atoms with Crippen molar-refractivity contribution in [3.8, 4) is 0 Å². The van der Waals surface area contributed by atoms with Crippen molar-refractivity contribution in [2.75, 3.05) is 13.1 Å². The van der Waals surface area contributed by atoms with E-state index in [2.05, 4.69) is 31.0 Å². The third-order valence-electron chi connectivity index (χ3n) is 5.35. The Morgan fingerprint density at radius 3 is 2.05 bits per heavy atom. The van der Waals surface area contributed by atoms with Crippen LogP contribution in [0.2, 0.25) is 0 Å². The van der Waals surface area contributed by atoms with Crippen LogP contribution in [0, 0.1) is 5.92 Å². The summed E-state index contributed by atoms with van der Waals surface area (Å²) in [5.74, 6) is 0.983. The number of rotatable bonds is 3. The monoisotopic (exact) mass is 266 g/mol. The Labute approximate surface area is 120 Å². The average Bonchev–Trinajstić information content (AvgIpc) is 2.41. The van der Waals surface area contributed by atoms with Gasteiger partial charge in [0.1, 0.15) is 0 Å². The molecule has 19 heavy (non-hydrogen) atoms. The molecule has 1 N–H and O–H groups in total. The van der Waals surface area contributed by atoms with Gasteiger partial charge in [-0.2, -0.15) is 0 Å². The summed E-state index contributed by atoms with van der Waals surface area (Å²) >= 11 is 0. The first-order chi connectivity index (χ1) is 9.20. The molecule has 0 bridgehead atoms. The Balaban J connectivity index is 1.95. The molecule has 0 amide bonds. The predicted molar refractivity (Wildman–Crippen MR) is 83.5 cm³/mol. The zero-order chi connectivity index (χ0) is 13.7. The van der Waals surface area contributed by atoms with Crippen LogP contribution in [0.1, 0.15) is 72.1 Å². The molecule has 1 heterocycles. The Bertz CT molecular complexity index is 236. The van der Waals surface area contributed by atoms with Gasteiger partial charge in [0.2, 0.25) is 0 Å². The van der Waals surface area contributed by atoms with Crippen molar-refractivity contribution in [3.63, 3.8) is 0 Å². The minimum Gasteiger partial charge on any atom is -0.312 e. The predicted octanol–water partition coefficient (Wildman–Crippen LogP) is 3.81. The fraction of sp³-hybridized carbons (Fsp3) is 1.00. The molecule has 1 aliphatic carbocycles. The molecule has 0 spiro atoms. The highest BCUT2D eigenvalue weighted by Gasteiger charge is 2.28. The largest absolute Gasteiger partial charge is 0.312 e. The number of nitrogens with zero attached hydrogens (tertiary/aromatic N) is 1. The van der Waals surface area contributed by atoms with Gasteiger partial charge < -0.3 is 10.2 Å². The second kappa shape index (κ2) is 7.64. The highest BCUT2D eigenvalue weighted by atomic mass is 15.2. The molecule has 2 aliphatic rings. The number of hydrogen-bond donors (Lipinski definition) is 1. The van der Waals surface area contributed by atoms with Gasteiger partial charge in [0, 0.05) is 18.1 Å². The summed E-state index contributed by atoms with van der Waals surface area (Å²) in [5, 5.41) is 3.71. The molecular weight excluding hydrogens is 232 g/mol. The van der Waals surface area contributed by atoms with Gasteiger partial charge in [-0.1, -0.05) is 26.2 Å². The molecule has 1 aliphatic heterocycles. The maximum absolute atomic E-state index is 3.71. The normalized spacial score (nSPS) is 33.6. The fourth-order valence-electron chi connectivity index (χ4n) is 4.22. The molecule has 1 saturated carbocycles. The molecule has 3 unspecified atom stereocenters. The third-order valence-corrected chi connectivity index (χ3v) is 5.35. The standard InChI is InChI=1S/C17H34N2/c1-4-17(16-8-6-5-7-9-16)19-12-10-14(2)18-15(3)11-13-19/h14-18H,4-13H2,1-3H3. The number of nitrogens with one attached hydrogen (secondary N) is 1. The minimum absolute atomic E-state index is 0.682. The van der Waals surface area contributed by atoms with Gasteiger partial charge in [-0.15, -0.1) is 0 Å². The van der Waals surface area contributed by atoms with Gasteiger partial charge in [-0.05, 0) is 65.0 Å². The lowest BCUT2D eigenvalue weighted by molar-refractivity contribution is 0.0958. The minimum atomic E-state index is 0.682. The van der Waals surface area contributed by atoms with E-state index in [1.54, 1.807) is 0 Å². The lowest BCUT2D eigenvalue weighted by Crippen LogP contribution is -2.48. The van der Waals surface area contributed by atoms with E-state index < -0.39 is 0 Å². The van der Waals surface area contributed by atoms with E-state index in [4.69, 9.17) is 0 Å². The van der Waals surface area contributed by atoms with Gasteiger partial charge in [0.15, 0.2) is 0 Å². The lowest BCUT2D eigenvalue weighted by Gasteiger charge is -2.41. The second-order valence-electron chi connectivity index (χ2n) is 6.96. The van der Waals surface area contributed by atoms with E-state index in [1.165, 1.54) is 64.5 Å². The average molecular weight is 266 g/mol. The molecule has 1 saturated heterocycles. The molecule has 2 heteroatoms. The fourth-order valence-corrected chi connectivity index (χ4v) is 4.22. The summed E-state index contributed by atoms with van der Waals surface area (Å²) in [6.45, 7) is 9.71. The summed E-state index contributed by atoms with van der Waals surface area (Å²) < 4.78 is 0. The maximum atomic E-state index is 3.71. The first-order valence-electron chi connectivity index (χ1n) is 8.70. The van der Waals surface area contributed by atoms with Crippen LogP contribution in [0.15, 0.2) is 0 Å². The Morgan fingerprint density at radius 2 is 1.53 bits per heavy atom. The maximum Gasteiger partial charge on any atom is 0.0121 e. The summed E-state index contributed by atoms with van der Waals surface area (Å²) in [4.78, 5) is 2.84. The Kier molecular flexibility index (Phi) is 6.15. The van der Waals surface area contributed by atoms with Crippen LogP contribution in [0.3, 0.4) is 0 Å². The zero-order valence-corrected chi connectivity index (χ0v) is 13.3. The first kappa shape index (κ1) is 15.3. The molecule has 0 aromatic heterocycles. The van der Waals surface area contributed by atoms with Gasteiger partial charge in [0.25, 0.3) is 0 Å². The van der Waals surface area contributed by atoms with Gasteiger partial charge in [-0.25, -0.2) is 0 Å². The van der Waals surface area contributed by atoms with E-state index in [9.17, 15) is 0 Å². The van der Waals surface area contributed by atoms with Crippen LogP contribution in [-0.4, -0.2) is 36.1 Å². The molecular formula is C17H34N2. The molecule has 0 aromatic rings. The zero-order valence-electron chi connectivity index (χ0n) is 13.3. The summed E-state index contributed by atoms with van der Waals surface area (Å²) in [6.07, 6.45) is 11.4. The van der Waals surface area contributed by atoms with Crippen LogP contribution >= 0.6 is 0 Å². The summed E-state index contributed by atoms with van der Waals surface area (Å²) in [7, 11) is 0. The van der Waals surface area contributed by atoms with Crippen molar-refractivity contribution in [2.24, 2.45) is 5.92 Å².